The van der Waals surface area contributed by atoms with Gasteiger partial charge in [0, 0.05) is 12.1 Å². The molecule has 2 nitrogen and oxygen atoms in total. The number of hydrogen-bond acceptors (Lipinski definition) is 2. The quantitative estimate of drug-likeness (QED) is 0.736. The normalized spacial score (nSPS) is 13.6. The first-order valence-electron chi connectivity index (χ1n) is 6.22. The average molecular weight is 214 g/mol. The fourth-order valence-corrected chi connectivity index (χ4v) is 1.97. The van der Waals surface area contributed by atoms with Crippen LogP contribution in [-0.2, 0) is 0 Å². The van der Waals surface area contributed by atoms with Crippen molar-refractivity contribution in [1.82, 2.24) is 4.90 Å². The molecule has 0 rings (SSSR count). The van der Waals surface area contributed by atoms with Crippen LogP contribution in [0.5, 0.6) is 0 Å². The van der Waals surface area contributed by atoms with Gasteiger partial charge in [0.15, 0.2) is 0 Å². The molecule has 0 bridgehead atoms. The van der Waals surface area contributed by atoms with Crippen molar-refractivity contribution in [2.24, 2.45) is 11.1 Å². The van der Waals surface area contributed by atoms with Crippen molar-refractivity contribution in [3.8, 4) is 0 Å². The number of nitrogens with zero attached hydrogens (tertiary/aromatic N) is 1. The van der Waals surface area contributed by atoms with Crippen LogP contribution in [-0.4, -0.2) is 30.6 Å². The van der Waals surface area contributed by atoms with Crippen molar-refractivity contribution in [3.63, 3.8) is 0 Å². The molecular formula is C13H30N2. The Balaban J connectivity index is 4.33. The Hall–Kier alpha value is -0.0800. The van der Waals surface area contributed by atoms with E-state index in [2.05, 4.69) is 46.6 Å². The highest BCUT2D eigenvalue weighted by molar-refractivity contribution is 4.88. The molecule has 0 heterocycles. The molecule has 2 N–H and O–H groups in total. The summed E-state index contributed by atoms with van der Waals surface area (Å²) in [7, 11) is 2.21. The fraction of sp³-hybridized carbons (Fsp3) is 1.00. The second-order valence-corrected chi connectivity index (χ2v) is 5.87. The summed E-state index contributed by atoms with van der Waals surface area (Å²) in [5.41, 5.74) is 6.55. The number of likely N-dealkylation sites (N-methyl/N-ethyl adjacent to an activating group) is 1. The van der Waals surface area contributed by atoms with Gasteiger partial charge in [0.1, 0.15) is 0 Å². The largest absolute Gasteiger partial charge is 0.329 e. The summed E-state index contributed by atoms with van der Waals surface area (Å²) in [5.74, 6) is 0. The molecule has 0 spiro atoms. The van der Waals surface area contributed by atoms with Gasteiger partial charge in [-0.05, 0) is 38.3 Å². The Morgan fingerprint density at radius 2 is 1.53 bits per heavy atom. The molecule has 0 aromatic carbocycles. The maximum absolute atomic E-state index is 5.93. The van der Waals surface area contributed by atoms with Gasteiger partial charge < -0.3 is 5.73 Å². The minimum Gasteiger partial charge on any atom is -0.329 e. The van der Waals surface area contributed by atoms with Crippen molar-refractivity contribution in [2.45, 2.75) is 59.4 Å². The highest BCUT2D eigenvalue weighted by Crippen LogP contribution is 2.25. The lowest BCUT2D eigenvalue weighted by atomic mass is 9.88. The van der Waals surface area contributed by atoms with E-state index in [4.69, 9.17) is 5.73 Å². The Morgan fingerprint density at radius 1 is 1.07 bits per heavy atom. The Morgan fingerprint density at radius 3 is 1.80 bits per heavy atom. The first kappa shape index (κ1) is 14.9. The lowest BCUT2D eigenvalue weighted by molar-refractivity contribution is 0.101. The van der Waals surface area contributed by atoms with Crippen molar-refractivity contribution in [2.75, 3.05) is 20.1 Å². The number of hydrogen-bond donors (Lipinski definition) is 1. The molecule has 0 fully saturated rings. The van der Waals surface area contributed by atoms with Gasteiger partial charge in [-0.15, -0.1) is 0 Å². The van der Waals surface area contributed by atoms with Crippen LogP contribution >= 0.6 is 0 Å². The van der Waals surface area contributed by atoms with Crippen LogP contribution in [0.2, 0.25) is 0 Å². The summed E-state index contributed by atoms with van der Waals surface area (Å²) >= 11 is 0. The third-order valence-electron chi connectivity index (χ3n) is 3.70. The van der Waals surface area contributed by atoms with Gasteiger partial charge in [-0.25, -0.2) is 0 Å². The van der Waals surface area contributed by atoms with E-state index < -0.39 is 0 Å². The zero-order chi connectivity index (χ0) is 12.1. The third kappa shape index (κ3) is 4.52. The van der Waals surface area contributed by atoms with E-state index in [1.807, 2.05) is 0 Å². The van der Waals surface area contributed by atoms with Crippen LogP contribution in [0.25, 0.3) is 0 Å². The minimum absolute atomic E-state index is 0.214. The smallest absolute Gasteiger partial charge is 0.0323 e. The van der Waals surface area contributed by atoms with Crippen LogP contribution in [0.4, 0.5) is 0 Å². The van der Waals surface area contributed by atoms with Gasteiger partial charge in [0.2, 0.25) is 0 Å². The predicted octanol–water partition coefficient (Wildman–Crippen LogP) is 2.87. The van der Waals surface area contributed by atoms with E-state index >= 15 is 0 Å². The van der Waals surface area contributed by atoms with Gasteiger partial charge >= 0.3 is 0 Å². The van der Waals surface area contributed by atoms with E-state index in [0.29, 0.717) is 5.41 Å². The number of nitrogens with two attached hydrogens (primary N) is 1. The molecule has 0 unspecified atom stereocenters. The lowest BCUT2D eigenvalue weighted by Gasteiger charge is -2.41. The molecule has 0 saturated carbocycles. The molecule has 0 aromatic rings. The fourth-order valence-electron chi connectivity index (χ4n) is 1.97. The molecular weight excluding hydrogens is 184 g/mol. The molecule has 0 radical (unpaired) electrons. The molecule has 0 atom stereocenters. The van der Waals surface area contributed by atoms with Crippen LogP contribution in [0.1, 0.15) is 53.9 Å². The average Bonchev–Trinajstić information content (AvgIpc) is 2.17. The molecule has 0 aliphatic heterocycles. The lowest BCUT2D eigenvalue weighted by Crippen LogP contribution is -2.51. The third-order valence-corrected chi connectivity index (χ3v) is 3.70. The van der Waals surface area contributed by atoms with Crippen LogP contribution < -0.4 is 5.73 Å². The van der Waals surface area contributed by atoms with Crippen molar-refractivity contribution in [1.29, 1.82) is 0 Å². The molecule has 92 valence electrons. The zero-order valence-electron chi connectivity index (χ0n) is 11.6. The van der Waals surface area contributed by atoms with E-state index in [9.17, 15) is 0 Å². The summed E-state index contributed by atoms with van der Waals surface area (Å²) in [6.45, 7) is 13.3. The SMILES string of the molecule is CCC(CC)(CN)N(C)CCC(C)(C)C. The standard InChI is InChI=1S/C13H30N2/c1-7-13(8-2,11-14)15(6)10-9-12(3,4)5/h7-11,14H2,1-6H3. The second-order valence-electron chi connectivity index (χ2n) is 5.87. The predicted molar refractivity (Wildman–Crippen MR) is 69.1 cm³/mol. The molecule has 0 aliphatic carbocycles. The summed E-state index contributed by atoms with van der Waals surface area (Å²) in [6.07, 6.45) is 3.51. The molecule has 0 saturated heterocycles. The van der Waals surface area contributed by atoms with E-state index in [-0.39, 0.29) is 5.54 Å². The monoisotopic (exact) mass is 214 g/mol. The first-order valence-corrected chi connectivity index (χ1v) is 6.22. The van der Waals surface area contributed by atoms with Gasteiger partial charge in [-0.2, -0.15) is 0 Å². The maximum Gasteiger partial charge on any atom is 0.0323 e. The van der Waals surface area contributed by atoms with E-state index in [1.54, 1.807) is 0 Å². The molecule has 0 amide bonds. The molecule has 0 aromatic heterocycles. The molecule has 0 aliphatic rings. The summed E-state index contributed by atoms with van der Waals surface area (Å²) in [4.78, 5) is 2.46. The summed E-state index contributed by atoms with van der Waals surface area (Å²) in [5, 5.41) is 0. The highest BCUT2D eigenvalue weighted by atomic mass is 15.2. The van der Waals surface area contributed by atoms with Gasteiger partial charge in [0.05, 0.1) is 0 Å². The first-order chi connectivity index (χ1) is 6.81. The van der Waals surface area contributed by atoms with Gasteiger partial charge in [0.25, 0.3) is 0 Å². The summed E-state index contributed by atoms with van der Waals surface area (Å²) in [6, 6.07) is 0. The van der Waals surface area contributed by atoms with Crippen LogP contribution in [0, 0.1) is 5.41 Å². The maximum atomic E-state index is 5.93. The van der Waals surface area contributed by atoms with Gasteiger partial charge in [-0.1, -0.05) is 34.6 Å². The van der Waals surface area contributed by atoms with E-state index in [0.717, 1.165) is 25.9 Å². The molecule has 2 heteroatoms. The zero-order valence-corrected chi connectivity index (χ0v) is 11.6. The minimum atomic E-state index is 0.214. The van der Waals surface area contributed by atoms with Crippen LogP contribution in [0.3, 0.4) is 0 Å². The van der Waals surface area contributed by atoms with Gasteiger partial charge in [-0.3, -0.25) is 4.90 Å². The Labute approximate surface area is 96.2 Å². The molecule has 15 heavy (non-hydrogen) atoms. The highest BCUT2D eigenvalue weighted by Gasteiger charge is 2.29. The van der Waals surface area contributed by atoms with E-state index in [1.165, 1.54) is 6.42 Å². The topological polar surface area (TPSA) is 29.3 Å². The number of rotatable bonds is 6. The van der Waals surface area contributed by atoms with Crippen molar-refractivity contribution >= 4 is 0 Å². The van der Waals surface area contributed by atoms with Crippen molar-refractivity contribution in [3.05, 3.63) is 0 Å². The Kier molecular flexibility index (Phi) is 5.82. The second kappa shape index (κ2) is 5.86. The van der Waals surface area contributed by atoms with Crippen LogP contribution in [0.15, 0.2) is 0 Å². The Bertz CT molecular complexity index is 158. The summed E-state index contributed by atoms with van der Waals surface area (Å²) < 4.78 is 0. The van der Waals surface area contributed by atoms with Crippen molar-refractivity contribution < 1.29 is 0 Å².